The molecule has 0 amide bonds. The van der Waals surface area contributed by atoms with Crippen molar-refractivity contribution in [1.82, 2.24) is 30.0 Å². The number of piperidine rings is 1. The van der Waals surface area contributed by atoms with Crippen LogP contribution in [0.1, 0.15) is 76.2 Å². The number of H-pyrrole nitrogens is 1. The minimum atomic E-state index is -2.93. The van der Waals surface area contributed by atoms with Crippen LogP contribution in [0.4, 0.5) is 10.2 Å². The molecule has 16 heteroatoms. The highest BCUT2D eigenvalue weighted by atomic mass is 35.5. The molecule has 6 fully saturated rings. The van der Waals surface area contributed by atoms with Crippen LogP contribution in [0, 0.1) is 23.1 Å². The number of nitrogens with zero attached hydrogens (tertiary/aromatic N) is 6. The summed E-state index contributed by atoms with van der Waals surface area (Å²) >= 11 is 6.89. The van der Waals surface area contributed by atoms with Crippen molar-refractivity contribution in [2.24, 2.45) is 17.3 Å². The minimum absolute atomic E-state index is 0.00761. The maximum Gasteiger partial charge on any atom is 0.319 e. The SMILES string of the molecule is COc1nc(-c2c(C3CC3)c(Cl)cc3[nH]ncc23)c(F)c2nc(OC[C@]34CCC[C@H]3N(C3C[C@@H]5CS(=O)(=O)C[C@@H]5C3)CCC4)nc(N3CCOC[C@@](C)(O)C3)c12. The van der Waals surface area contributed by atoms with Crippen LogP contribution < -0.4 is 14.4 Å². The molecule has 3 aliphatic heterocycles. The van der Waals surface area contributed by atoms with Gasteiger partial charge < -0.3 is 24.2 Å². The van der Waals surface area contributed by atoms with Crippen molar-refractivity contribution in [1.29, 1.82) is 0 Å². The molecule has 6 atom stereocenters. The van der Waals surface area contributed by atoms with Crippen molar-refractivity contribution >= 4 is 49.1 Å². The average molecular weight is 810 g/mol. The van der Waals surface area contributed by atoms with Crippen LogP contribution in [-0.2, 0) is 14.6 Å². The molecule has 6 aliphatic rings. The van der Waals surface area contributed by atoms with E-state index < -0.39 is 21.3 Å². The van der Waals surface area contributed by atoms with Crippen molar-refractivity contribution in [3.8, 4) is 23.1 Å². The highest BCUT2D eigenvalue weighted by molar-refractivity contribution is 7.91. The molecular formula is C40H49ClFN7O6S. The lowest BCUT2D eigenvalue weighted by molar-refractivity contribution is -0.0224. The quantitative estimate of drug-likeness (QED) is 0.225. The van der Waals surface area contributed by atoms with Crippen LogP contribution in [0.15, 0.2) is 12.3 Å². The molecule has 3 saturated heterocycles. The van der Waals surface area contributed by atoms with Gasteiger partial charge in [-0.3, -0.25) is 10.00 Å². The van der Waals surface area contributed by atoms with Crippen molar-refractivity contribution in [3.63, 3.8) is 0 Å². The third-order valence-corrected chi connectivity index (χ3v) is 15.9. The normalized spacial score (nSPS) is 31.8. The second kappa shape index (κ2) is 13.6. The maximum absolute atomic E-state index is 17.6. The first-order valence-corrected chi connectivity index (χ1v) is 22.4. The molecule has 0 radical (unpaired) electrons. The third-order valence-electron chi connectivity index (χ3n) is 13.7. The zero-order chi connectivity index (χ0) is 38.6. The summed E-state index contributed by atoms with van der Waals surface area (Å²) in [5.41, 5.74) is 0.816. The number of nitrogens with one attached hydrogen (secondary N) is 1. The van der Waals surface area contributed by atoms with Gasteiger partial charge in [0, 0.05) is 40.0 Å². The number of aromatic amines is 1. The van der Waals surface area contributed by atoms with Gasteiger partial charge in [-0.1, -0.05) is 18.0 Å². The summed E-state index contributed by atoms with van der Waals surface area (Å²) in [6, 6.07) is 2.58. The largest absolute Gasteiger partial charge is 0.480 e. The van der Waals surface area contributed by atoms with E-state index in [1.807, 2.05) is 11.0 Å². The van der Waals surface area contributed by atoms with E-state index in [1.54, 1.807) is 13.1 Å². The second-order valence-corrected chi connectivity index (χ2v) is 20.2. The minimum Gasteiger partial charge on any atom is -0.480 e. The van der Waals surface area contributed by atoms with E-state index >= 15 is 4.39 Å². The maximum atomic E-state index is 17.6. The summed E-state index contributed by atoms with van der Waals surface area (Å²) in [6.45, 7) is 4.12. The summed E-state index contributed by atoms with van der Waals surface area (Å²) in [6.07, 6.45) is 10.6. The number of rotatable bonds is 8. The first kappa shape index (κ1) is 36.9. The van der Waals surface area contributed by atoms with Gasteiger partial charge in [-0.15, -0.1) is 0 Å². The molecule has 1 aromatic carbocycles. The van der Waals surface area contributed by atoms with Gasteiger partial charge in [0.05, 0.1) is 56.7 Å². The molecule has 3 saturated carbocycles. The number of sulfone groups is 1. The number of ether oxygens (including phenoxy) is 3. The van der Waals surface area contributed by atoms with Gasteiger partial charge in [-0.05, 0) is 94.2 Å². The van der Waals surface area contributed by atoms with Gasteiger partial charge in [0.15, 0.2) is 15.7 Å². The van der Waals surface area contributed by atoms with E-state index in [0.717, 1.165) is 69.9 Å². The molecule has 4 aromatic rings. The van der Waals surface area contributed by atoms with Crippen molar-refractivity contribution in [3.05, 3.63) is 28.7 Å². The van der Waals surface area contributed by atoms with Crippen LogP contribution in [-0.4, -0.2) is 119 Å². The van der Waals surface area contributed by atoms with E-state index in [0.29, 0.717) is 70.7 Å². The topological polar surface area (TPSA) is 156 Å². The van der Waals surface area contributed by atoms with Gasteiger partial charge in [0.1, 0.15) is 28.0 Å². The van der Waals surface area contributed by atoms with Crippen LogP contribution in [0.3, 0.4) is 0 Å². The van der Waals surface area contributed by atoms with Gasteiger partial charge in [-0.2, -0.15) is 15.1 Å². The molecule has 13 nitrogen and oxygen atoms in total. The van der Waals surface area contributed by atoms with Crippen molar-refractivity contribution < 1.29 is 32.1 Å². The lowest BCUT2D eigenvalue weighted by atomic mass is 9.75. The van der Waals surface area contributed by atoms with Crippen LogP contribution in [0.5, 0.6) is 11.9 Å². The summed E-state index contributed by atoms with van der Waals surface area (Å²) in [7, 11) is -1.43. The van der Waals surface area contributed by atoms with E-state index in [2.05, 4.69) is 15.1 Å². The number of methoxy groups -OCH3 is 1. The van der Waals surface area contributed by atoms with E-state index in [-0.39, 0.29) is 64.8 Å². The van der Waals surface area contributed by atoms with Gasteiger partial charge in [-0.25, -0.2) is 17.8 Å². The number of aromatic nitrogens is 5. The van der Waals surface area contributed by atoms with E-state index in [9.17, 15) is 13.5 Å². The second-order valence-electron chi connectivity index (χ2n) is 17.7. The molecule has 2 N–H and O–H groups in total. The van der Waals surface area contributed by atoms with E-state index in [4.69, 9.17) is 40.8 Å². The Kier molecular flexibility index (Phi) is 8.97. The highest BCUT2D eigenvalue weighted by Gasteiger charge is 2.53. The molecule has 56 heavy (non-hydrogen) atoms. The zero-order valence-electron chi connectivity index (χ0n) is 31.9. The third kappa shape index (κ3) is 6.31. The number of halogens is 2. The standard InChI is InChI=1S/C40H49ClFN7O6S/c1-39(50)19-48(11-12-54-20-39)36-32-35(33(42)34(44-37(32)53-2)31-26-16-43-47-28(26)15-27(41)30(31)22-6-7-22)45-38(46-36)55-21-40-8-3-5-29(40)49(10-4-9-40)25-13-23-17-56(51,52)18-24(23)14-25/h15-16,22-25,29,50H,3-14,17-21H2,1-2H3,(H,43,47)/t23-,24+,25?,29-,39+,40-/m1/s1. The highest BCUT2D eigenvalue weighted by Crippen LogP contribution is 2.53. The Labute approximate surface area is 330 Å². The Morgan fingerprint density at radius 1 is 1.11 bits per heavy atom. The Bertz CT molecular complexity index is 2300. The lowest BCUT2D eigenvalue weighted by Crippen LogP contribution is -2.55. The first-order valence-electron chi connectivity index (χ1n) is 20.2. The van der Waals surface area contributed by atoms with Crippen LogP contribution >= 0.6 is 11.6 Å². The van der Waals surface area contributed by atoms with Crippen LogP contribution in [0.2, 0.25) is 5.02 Å². The molecule has 1 unspecified atom stereocenters. The average Bonchev–Trinajstić information content (AvgIpc) is 3.44. The number of fused-ring (bicyclic) bond motifs is 4. The molecule has 3 aromatic heterocycles. The number of hydrogen-bond donors (Lipinski definition) is 2. The van der Waals surface area contributed by atoms with Gasteiger partial charge >= 0.3 is 6.01 Å². The van der Waals surface area contributed by atoms with Gasteiger partial charge in [0.2, 0.25) is 5.88 Å². The van der Waals surface area contributed by atoms with Gasteiger partial charge in [0.25, 0.3) is 0 Å². The number of β-amino-alcohol motifs (C(OH)–C–C–N with tert-alkyl or cyclic N) is 1. The van der Waals surface area contributed by atoms with Crippen molar-refractivity contribution in [2.75, 3.05) is 63.0 Å². The lowest BCUT2D eigenvalue weighted by Gasteiger charge is -2.48. The number of hydrogen-bond acceptors (Lipinski definition) is 12. The van der Waals surface area contributed by atoms with Crippen molar-refractivity contribution in [2.45, 2.75) is 88.3 Å². The molecule has 0 bridgehead atoms. The van der Waals surface area contributed by atoms with E-state index in [1.165, 1.54) is 7.11 Å². The Balaban J connectivity index is 1.05. The number of benzene rings is 1. The summed E-state index contributed by atoms with van der Waals surface area (Å²) in [5.74, 6) is 1.20. The summed E-state index contributed by atoms with van der Waals surface area (Å²) < 4.78 is 60.7. The first-order chi connectivity index (χ1) is 26.9. The predicted molar refractivity (Wildman–Crippen MR) is 210 cm³/mol. The molecular weight excluding hydrogens is 761 g/mol. The molecule has 0 spiro atoms. The predicted octanol–water partition coefficient (Wildman–Crippen LogP) is 5.67. The monoisotopic (exact) mass is 809 g/mol. The molecule has 3 aliphatic carbocycles. The number of pyridine rings is 1. The number of likely N-dealkylation sites (tertiary alicyclic amines) is 1. The fourth-order valence-corrected chi connectivity index (χ4v) is 13.8. The molecule has 6 heterocycles. The van der Waals surface area contributed by atoms with Crippen LogP contribution in [0.25, 0.3) is 33.1 Å². The summed E-state index contributed by atoms with van der Waals surface area (Å²) in [5, 5.41) is 20.0. The zero-order valence-corrected chi connectivity index (χ0v) is 33.5. The Morgan fingerprint density at radius 2 is 1.89 bits per heavy atom. The fraction of sp³-hybridized carbons (Fsp3) is 0.650. The molecule has 300 valence electrons. The Morgan fingerprint density at radius 3 is 2.66 bits per heavy atom. The number of aliphatic hydroxyl groups is 1. The summed E-state index contributed by atoms with van der Waals surface area (Å²) in [4.78, 5) is 19.2. The Hall–Kier alpha value is -3.37. The molecule has 10 rings (SSSR count). The smallest absolute Gasteiger partial charge is 0.319 e. The fourth-order valence-electron chi connectivity index (χ4n) is 11.2. The number of anilines is 1.